The highest BCUT2D eigenvalue weighted by atomic mass is 35.5. The Morgan fingerprint density at radius 1 is 1.07 bits per heavy atom. The molecule has 3 rings (SSSR count). The van der Waals surface area contributed by atoms with E-state index in [9.17, 15) is 0 Å². The molecule has 27 heavy (non-hydrogen) atoms. The fourth-order valence-electron chi connectivity index (χ4n) is 2.55. The molecule has 0 aliphatic carbocycles. The van der Waals surface area contributed by atoms with Gasteiger partial charge < -0.3 is 15.0 Å². The minimum absolute atomic E-state index is 0. The van der Waals surface area contributed by atoms with Gasteiger partial charge in [0.2, 0.25) is 0 Å². The van der Waals surface area contributed by atoms with Crippen LogP contribution in [0.3, 0.4) is 0 Å². The molecular formula is C19H25ClN6O. The van der Waals surface area contributed by atoms with Crippen LogP contribution in [0.15, 0.2) is 54.6 Å². The van der Waals surface area contributed by atoms with Gasteiger partial charge >= 0.3 is 6.01 Å². The van der Waals surface area contributed by atoms with Crippen molar-refractivity contribution in [1.29, 1.82) is 0 Å². The van der Waals surface area contributed by atoms with E-state index in [1.165, 1.54) is 0 Å². The molecule has 3 aromatic rings. The van der Waals surface area contributed by atoms with Gasteiger partial charge in [-0.15, -0.1) is 12.4 Å². The number of hydrogen-bond acceptors (Lipinski definition) is 6. The van der Waals surface area contributed by atoms with Crippen molar-refractivity contribution in [3.05, 3.63) is 60.2 Å². The molecule has 0 saturated carbocycles. The second-order valence-corrected chi connectivity index (χ2v) is 6.29. The third-order valence-electron chi connectivity index (χ3n) is 3.84. The zero-order chi connectivity index (χ0) is 18.2. The van der Waals surface area contributed by atoms with E-state index >= 15 is 0 Å². The van der Waals surface area contributed by atoms with Crippen LogP contribution in [0.4, 0.5) is 0 Å². The van der Waals surface area contributed by atoms with E-state index < -0.39 is 0 Å². The molecule has 0 aliphatic heterocycles. The SMILES string of the molecule is CN(C)CCCNCc1cccc(Oc2nnnn2-c2ccccc2)c1.Cl. The molecule has 1 N–H and O–H groups in total. The van der Waals surface area contributed by atoms with E-state index in [0.29, 0.717) is 11.8 Å². The standard InChI is InChI=1S/C19H24N6O.ClH/c1-24(2)13-7-12-20-15-16-8-6-11-18(14-16)26-19-21-22-23-25(19)17-9-4-3-5-10-17;/h3-6,8-11,14,20H,7,12-13,15H2,1-2H3;1H. The van der Waals surface area contributed by atoms with E-state index in [1.54, 1.807) is 4.68 Å². The van der Waals surface area contributed by atoms with Crippen LogP contribution in [0, 0.1) is 0 Å². The van der Waals surface area contributed by atoms with Crippen molar-refractivity contribution in [2.45, 2.75) is 13.0 Å². The first kappa shape index (κ1) is 20.8. The second-order valence-electron chi connectivity index (χ2n) is 6.29. The van der Waals surface area contributed by atoms with Crippen LogP contribution in [0.25, 0.3) is 5.69 Å². The quantitative estimate of drug-likeness (QED) is 0.568. The van der Waals surface area contributed by atoms with Crippen LogP contribution in [0.1, 0.15) is 12.0 Å². The minimum atomic E-state index is 0. The first-order chi connectivity index (χ1) is 12.7. The molecule has 144 valence electrons. The molecule has 0 bridgehead atoms. The molecule has 2 aromatic carbocycles. The summed E-state index contributed by atoms with van der Waals surface area (Å²) in [6.45, 7) is 2.86. The fraction of sp³-hybridized carbons (Fsp3) is 0.316. The van der Waals surface area contributed by atoms with Crippen molar-refractivity contribution in [3.63, 3.8) is 0 Å². The van der Waals surface area contributed by atoms with Gasteiger partial charge in [0.15, 0.2) is 0 Å². The summed E-state index contributed by atoms with van der Waals surface area (Å²) in [7, 11) is 4.17. The summed E-state index contributed by atoms with van der Waals surface area (Å²) >= 11 is 0. The van der Waals surface area contributed by atoms with Crippen LogP contribution < -0.4 is 10.1 Å². The van der Waals surface area contributed by atoms with Gasteiger partial charge in [-0.25, -0.2) is 0 Å². The molecule has 0 radical (unpaired) electrons. The second kappa shape index (κ2) is 10.6. The average molecular weight is 389 g/mol. The lowest BCUT2D eigenvalue weighted by Crippen LogP contribution is -2.20. The molecular weight excluding hydrogens is 364 g/mol. The Hall–Kier alpha value is -2.48. The molecule has 0 saturated heterocycles. The van der Waals surface area contributed by atoms with Gasteiger partial charge in [0, 0.05) is 6.54 Å². The van der Waals surface area contributed by atoms with Crippen molar-refractivity contribution in [2.24, 2.45) is 0 Å². The predicted molar refractivity (Wildman–Crippen MR) is 108 cm³/mol. The molecule has 8 heteroatoms. The zero-order valence-electron chi connectivity index (χ0n) is 15.6. The number of hydrogen-bond donors (Lipinski definition) is 1. The summed E-state index contributed by atoms with van der Waals surface area (Å²) in [6, 6.07) is 18.0. The number of benzene rings is 2. The number of halogens is 1. The number of tetrazole rings is 1. The van der Waals surface area contributed by atoms with Gasteiger partial charge in [-0.2, -0.15) is 4.68 Å². The molecule has 1 aromatic heterocycles. The largest absolute Gasteiger partial charge is 0.423 e. The highest BCUT2D eigenvalue weighted by molar-refractivity contribution is 5.85. The maximum atomic E-state index is 5.90. The molecule has 1 heterocycles. The maximum absolute atomic E-state index is 5.90. The van der Waals surface area contributed by atoms with Crippen molar-refractivity contribution in [3.8, 4) is 17.4 Å². The topological polar surface area (TPSA) is 68.1 Å². The van der Waals surface area contributed by atoms with Crippen molar-refractivity contribution < 1.29 is 4.74 Å². The number of nitrogens with one attached hydrogen (secondary N) is 1. The van der Waals surface area contributed by atoms with Crippen LogP contribution in [-0.2, 0) is 6.54 Å². The summed E-state index contributed by atoms with van der Waals surface area (Å²) in [5.41, 5.74) is 2.01. The summed E-state index contributed by atoms with van der Waals surface area (Å²) in [6.07, 6.45) is 1.12. The Bertz CT molecular complexity index is 809. The Balaban J connectivity index is 0.00000261. The lowest BCUT2D eigenvalue weighted by Gasteiger charge is -2.10. The lowest BCUT2D eigenvalue weighted by molar-refractivity contribution is 0.394. The first-order valence-corrected chi connectivity index (χ1v) is 8.68. The van der Waals surface area contributed by atoms with Gasteiger partial charge in [0.05, 0.1) is 5.69 Å². The fourth-order valence-corrected chi connectivity index (χ4v) is 2.55. The van der Waals surface area contributed by atoms with Crippen molar-refractivity contribution >= 4 is 12.4 Å². The van der Waals surface area contributed by atoms with E-state index in [0.717, 1.165) is 37.3 Å². The summed E-state index contributed by atoms with van der Waals surface area (Å²) in [4.78, 5) is 2.19. The molecule has 0 spiro atoms. The summed E-state index contributed by atoms with van der Waals surface area (Å²) in [5, 5.41) is 15.2. The van der Waals surface area contributed by atoms with Crippen LogP contribution in [0.5, 0.6) is 11.8 Å². The summed E-state index contributed by atoms with van der Waals surface area (Å²) in [5.74, 6) is 0.713. The molecule has 0 amide bonds. The molecule has 0 atom stereocenters. The number of nitrogens with zero attached hydrogens (tertiary/aromatic N) is 5. The number of para-hydroxylation sites is 1. The van der Waals surface area contributed by atoms with E-state index in [2.05, 4.69) is 45.9 Å². The average Bonchev–Trinajstić information content (AvgIpc) is 3.10. The van der Waals surface area contributed by atoms with Gasteiger partial charge in [-0.05, 0) is 73.9 Å². The van der Waals surface area contributed by atoms with E-state index in [-0.39, 0.29) is 12.4 Å². The molecule has 0 unspecified atom stereocenters. The van der Waals surface area contributed by atoms with Crippen LogP contribution >= 0.6 is 12.4 Å². The zero-order valence-corrected chi connectivity index (χ0v) is 16.4. The Kier molecular flexibility index (Phi) is 8.19. The van der Waals surface area contributed by atoms with Crippen molar-refractivity contribution in [1.82, 2.24) is 30.4 Å². The number of ether oxygens (including phenoxy) is 1. The highest BCUT2D eigenvalue weighted by Gasteiger charge is 2.10. The van der Waals surface area contributed by atoms with Gasteiger partial charge in [-0.1, -0.05) is 35.4 Å². The monoisotopic (exact) mass is 388 g/mol. The lowest BCUT2D eigenvalue weighted by atomic mass is 10.2. The normalized spacial score (nSPS) is 10.6. The number of aromatic nitrogens is 4. The minimum Gasteiger partial charge on any atom is -0.423 e. The third kappa shape index (κ3) is 6.32. The van der Waals surface area contributed by atoms with Crippen molar-refractivity contribution in [2.75, 3.05) is 27.2 Å². The Morgan fingerprint density at radius 2 is 1.89 bits per heavy atom. The van der Waals surface area contributed by atoms with Crippen LogP contribution in [0.2, 0.25) is 0 Å². The molecule has 7 nitrogen and oxygen atoms in total. The predicted octanol–water partition coefficient (Wildman–Crippen LogP) is 2.92. The third-order valence-corrected chi connectivity index (χ3v) is 3.84. The Labute approximate surface area is 165 Å². The van der Waals surface area contributed by atoms with Crippen LogP contribution in [-0.4, -0.2) is 52.3 Å². The highest BCUT2D eigenvalue weighted by Crippen LogP contribution is 2.22. The Morgan fingerprint density at radius 3 is 2.67 bits per heavy atom. The number of rotatable bonds is 9. The van der Waals surface area contributed by atoms with Gasteiger partial charge in [0.1, 0.15) is 5.75 Å². The maximum Gasteiger partial charge on any atom is 0.345 e. The van der Waals surface area contributed by atoms with E-state index in [1.807, 2.05) is 48.5 Å². The van der Waals surface area contributed by atoms with Gasteiger partial charge in [-0.3, -0.25) is 0 Å². The first-order valence-electron chi connectivity index (χ1n) is 8.68. The smallest absolute Gasteiger partial charge is 0.345 e. The van der Waals surface area contributed by atoms with Gasteiger partial charge in [0.25, 0.3) is 0 Å². The van der Waals surface area contributed by atoms with E-state index in [4.69, 9.17) is 4.74 Å². The molecule has 0 aliphatic rings. The summed E-state index contributed by atoms with van der Waals surface area (Å²) < 4.78 is 7.47. The molecule has 0 fully saturated rings.